The van der Waals surface area contributed by atoms with Crippen molar-refractivity contribution in [1.82, 2.24) is 0 Å². The lowest BCUT2D eigenvalue weighted by Gasteiger charge is -2.20. The van der Waals surface area contributed by atoms with Gasteiger partial charge in [0.15, 0.2) is 0 Å². The second-order valence-corrected chi connectivity index (χ2v) is 5.15. The van der Waals surface area contributed by atoms with Crippen molar-refractivity contribution in [3.63, 3.8) is 0 Å². The molecule has 0 heterocycles. The van der Waals surface area contributed by atoms with Crippen LogP contribution in [0.3, 0.4) is 0 Å². The fourth-order valence-corrected chi connectivity index (χ4v) is 2.24. The van der Waals surface area contributed by atoms with Crippen LogP contribution in [0.5, 0.6) is 0 Å². The first-order valence-corrected chi connectivity index (χ1v) is 6.36. The minimum Gasteiger partial charge on any atom is -0.258 e. The summed E-state index contributed by atoms with van der Waals surface area (Å²) in [4.78, 5) is 15.1. The van der Waals surface area contributed by atoms with E-state index in [1.165, 1.54) is 0 Å². The lowest BCUT2D eigenvalue weighted by Crippen LogP contribution is -2.35. The zero-order valence-corrected chi connectivity index (χ0v) is 11.0. The molecule has 0 amide bonds. The summed E-state index contributed by atoms with van der Waals surface area (Å²) in [6, 6.07) is -0.351. The van der Waals surface area contributed by atoms with Gasteiger partial charge in [-0.15, -0.1) is 3.89 Å². The molecule has 23 heavy (non-hydrogen) atoms. The summed E-state index contributed by atoms with van der Waals surface area (Å²) in [5.41, 5.74) is -7.30. The first-order chi connectivity index (χ1) is 10.1. The molecular weight excluding hydrogens is 366 g/mol. The highest BCUT2D eigenvalue weighted by molar-refractivity contribution is 7.86. The molecule has 0 unspecified atom stereocenters. The van der Waals surface area contributed by atoms with Gasteiger partial charge in [-0.1, -0.05) is 0 Å². The fourth-order valence-electron chi connectivity index (χ4n) is 1.54. The Hall–Kier alpha value is -2.45. The van der Waals surface area contributed by atoms with E-state index in [4.69, 9.17) is 0 Å². The molecule has 0 aromatic heterocycles. The molecule has 0 aliphatic carbocycles. The van der Waals surface area contributed by atoms with Crippen LogP contribution in [0.4, 0.5) is 37.2 Å². The third-order valence-corrected chi connectivity index (χ3v) is 3.30. The molecule has 0 bridgehead atoms. The first-order valence-electron chi connectivity index (χ1n) is 4.97. The van der Waals surface area contributed by atoms with E-state index in [1.54, 1.807) is 0 Å². The van der Waals surface area contributed by atoms with E-state index < -0.39 is 54.0 Å². The molecule has 0 aliphatic rings. The molecule has 0 fully saturated rings. The Morgan fingerprint density at radius 1 is 0.957 bits per heavy atom. The minimum absolute atomic E-state index is 0.0689. The molecule has 1 rings (SSSR count). The van der Waals surface area contributed by atoms with Crippen LogP contribution in [0.25, 0.3) is 0 Å². The summed E-state index contributed by atoms with van der Waals surface area (Å²) >= 11 is 0. The van der Waals surface area contributed by atoms with Gasteiger partial charge in [-0.05, 0) is 6.07 Å². The Labute approximate surface area is 121 Å². The number of alkyl halides is 5. The molecule has 0 saturated carbocycles. The van der Waals surface area contributed by atoms with E-state index >= 15 is 0 Å². The second kappa shape index (κ2) is 5.32. The van der Waals surface area contributed by atoms with Crippen molar-refractivity contribution in [2.45, 2.75) is 17.0 Å². The van der Waals surface area contributed by atoms with Crippen LogP contribution in [0, 0.1) is 20.2 Å². The molecule has 0 saturated heterocycles. The lowest BCUT2D eigenvalue weighted by molar-refractivity contribution is -0.425. The number of benzene rings is 1. The average Bonchev–Trinajstić information content (AvgIpc) is 2.34. The van der Waals surface area contributed by atoms with Crippen LogP contribution < -0.4 is 0 Å². The maximum atomic E-state index is 13.4. The number of nitro groups is 2. The SMILES string of the molecule is O=[N+]([O-])c1ccc(S(=O)(=O)F)c(C(F)(F)C(F)(F)F)c1[N+](=O)[O-]. The summed E-state index contributed by atoms with van der Waals surface area (Å²) in [5.74, 6) is -6.24. The summed E-state index contributed by atoms with van der Waals surface area (Å²) in [5, 5.41) is 21.2. The van der Waals surface area contributed by atoms with Crippen LogP contribution in [-0.4, -0.2) is 24.4 Å². The Balaban J connectivity index is 4.15. The third-order valence-electron chi connectivity index (χ3n) is 2.43. The van der Waals surface area contributed by atoms with Crippen molar-refractivity contribution < 1.29 is 44.1 Å². The highest BCUT2D eigenvalue weighted by Gasteiger charge is 2.64. The standard InChI is InChI=1S/C8H2F6N2O6S/c9-7(10,8(11,12)13)5-4(23(14,21)22)2-1-3(15(17)18)6(5)16(19)20/h1-2H. The molecule has 0 atom stereocenters. The van der Waals surface area contributed by atoms with E-state index in [0.717, 1.165) is 0 Å². The minimum atomic E-state index is -6.58. The topological polar surface area (TPSA) is 120 Å². The average molecular weight is 368 g/mol. The van der Waals surface area contributed by atoms with Crippen LogP contribution >= 0.6 is 0 Å². The summed E-state index contributed by atoms with van der Waals surface area (Å²) in [7, 11) is -6.28. The largest absolute Gasteiger partial charge is 0.458 e. The van der Waals surface area contributed by atoms with E-state index in [1.807, 2.05) is 0 Å². The van der Waals surface area contributed by atoms with Crippen LogP contribution in [-0.2, 0) is 16.1 Å². The first kappa shape index (κ1) is 18.6. The summed E-state index contributed by atoms with van der Waals surface area (Å²) < 4.78 is 98.5. The van der Waals surface area contributed by atoms with Gasteiger partial charge in [0.25, 0.3) is 0 Å². The van der Waals surface area contributed by atoms with Crippen molar-refractivity contribution in [1.29, 1.82) is 0 Å². The number of hydrogen-bond acceptors (Lipinski definition) is 6. The number of halogens is 6. The summed E-state index contributed by atoms with van der Waals surface area (Å²) in [6.45, 7) is 0. The fraction of sp³-hybridized carbons (Fsp3) is 0.250. The lowest BCUT2D eigenvalue weighted by atomic mass is 10.0. The van der Waals surface area contributed by atoms with E-state index in [0.29, 0.717) is 0 Å². The highest BCUT2D eigenvalue weighted by Crippen LogP contribution is 2.51. The number of nitrogens with zero attached hydrogens (tertiary/aromatic N) is 2. The maximum Gasteiger partial charge on any atom is 0.458 e. The maximum absolute atomic E-state index is 13.4. The molecule has 0 radical (unpaired) electrons. The van der Waals surface area contributed by atoms with Gasteiger partial charge < -0.3 is 0 Å². The predicted molar refractivity (Wildman–Crippen MR) is 58.0 cm³/mol. The highest BCUT2D eigenvalue weighted by atomic mass is 32.3. The molecule has 1 aromatic rings. The van der Waals surface area contributed by atoms with Gasteiger partial charge in [-0.2, -0.15) is 30.4 Å². The molecular formula is C8H2F6N2O6S. The zero-order chi connectivity index (χ0) is 18.4. The van der Waals surface area contributed by atoms with Crippen molar-refractivity contribution in [3.8, 4) is 0 Å². The van der Waals surface area contributed by atoms with Crippen LogP contribution in [0.15, 0.2) is 17.0 Å². The normalized spacial score (nSPS) is 13.0. The number of rotatable bonds is 4. The van der Waals surface area contributed by atoms with Crippen molar-refractivity contribution in [3.05, 3.63) is 37.9 Å². The Bertz CT molecular complexity index is 789. The Kier molecular flexibility index (Phi) is 4.30. The quantitative estimate of drug-likeness (QED) is 0.349. The van der Waals surface area contributed by atoms with Gasteiger partial charge in [-0.3, -0.25) is 20.2 Å². The smallest absolute Gasteiger partial charge is 0.258 e. The van der Waals surface area contributed by atoms with Crippen molar-refractivity contribution >= 4 is 21.6 Å². The molecule has 15 heteroatoms. The van der Waals surface area contributed by atoms with Gasteiger partial charge in [0.1, 0.15) is 10.5 Å². The van der Waals surface area contributed by atoms with Crippen LogP contribution in [0.1, 0.15) is 5.56 Å². The monoisotopic (exact) mass is 368 g/mol. The Morgan fingerprint density at radius 2 is 1.43 bits per heavy atom. The molecule has 0 spiro atoms. The van der Waals surface area contributed by atoms with E-state index in [-0.39, 0.29) is 12.1 Å². The predicted octanol–water partition coefficient (Wildman–Crippen LogP) is 2.82. The molecule has 8 nitrogen and oxygen atoms in total. The molecule has 0 aliphatic heterocycles. The second-order valence-electron chi connectivity index (χ2n) is 3.83. The van der Waals surface area contributed by atoms with Gasteiger partial charge in [-0.25, -0.2) is 0 Å². The van der Waals surface area contributed by atoms with Gasteiger partial charge in [0.05, 0.1) is 9.85 Å². The van der Waals surface area contributed by atoms with E-state index in [2.05, 4.69) is 0 Å². The molecule has 128 valence electrons. The van der Waals surface area contributed by atoms with Crippen molar-refractivity contribution in [2.24, 2.45) is 0 Å². The van der Waals surface area contributed by atoms with Gasteiger partial charge in [0, 0.05) is 6.07 Å². The molecule has 1 aromatic carbocycles. The molecule has 0 N–H and O–H groups in total. The number of nitro benzene ring substituents is 2. The zero-order valence-electron chi connectivity index (χ0n) is 10.2. The Morgan fingerprint density at radius 3 is 1.74 bits per heavy atom. The van der Waals surface area contributed by atoms with Gasteiger partial charge >= 0.3 is 33.7 Å². The van der Waals surface area contributed by atoms with Gasteiger partial charge in [0.2, 0.25) is 0 Å². The summed E-state index contributed by atoms with van der Waals surface area (Å²) in [6.07, 6.45) is -6.58. The van der Waals surface area contributed by atoms with Crippen LogP contribution in [0.2, 0.25) is 0 Å². The van der Waals surface area contributed by atoms with Crippen molar-refractivity contribution in [2.75, 3.05) is 0 Å². The third kappa shape index (κ3) is 3.17. The number of hydrogen-bond donors (Lipinski definition) is 0. The van der Waals surface area contributed by atoms with E-state index in [9.17, 15) is 54.5 Å².